The molecule has 0 saturated heterocycles. The molecule has 0 unspecified atom stereocenters. The maximum absolute atomic E-state index is 4.95. The van der Waals surface area contributed by atoms with E-state index in [1.54, 1.807) is 11.3 Å². The fraction of sp³-hybridized carbons (Fsp3) is 0. The number of hydrogen-bond acceptors (Lipinski definition) is 5. The summed E-state index contributed by atoms with van der Waals surface area (Å²) in [6.45, 7) is 0. The summed E-state index contributed by atoms with van der Waals surface area (Å²) >= 11 is 1.74. The first kappa shape index (κ1) is 25.2. The van der Waals surface area contributed by atoms with Crippen molar-refractivity contribution in [2.75, 3.05) is 0 Å². The lowest BCUT2D eigenvalue weighted by Crippen LogP contribution is -2.00. The van der Waals surface area contributed by atoms with Gasteiger partial charge in [0.2, 0.25) is 0 Å². The van der Waals surface area contributed by atoms with Crippen LogP contribution in [0.2, 0.25) is 0 Å². The van der Waals surface area contributed by atoms with Crippen molar-refractivity contribution in [2.24, 2.45) is 0 Å². The van der Waals surface area contributed by atoms with Gasteiger partial charge in [0, 0.05) is 27.6 Å². The van der Waals surface area contributed by atoms with Crippen LogP contribution in [0.25, 0.3) is 76.9 Å². The summed E-state index contributed by atoms with van der Waals surface area (Å²) in [6.07, 6.45) is 0. The fourth-order valence-electron chi connectivity index (χ4n) is 5.36. The normalized spacial score (nSPS) is 11.3. The van der Waals surface area contributed by atoms with Crippen LogP contribution in [0, 0.1) is 0 Å². The largest absolute Gasteiger partial charge is 0.236 e. The highest BCUT2D eigenvalue weighted by atomic mass is 32.1. The van der Waals surface area contributed by atoms with Gasteiger partial charge < -0.3 is 0 Å². The predicted octanol–water partition coefficient (Wildman–Crippen LogP) is 9.97. The lowest BCUT2D eigenvalue weighted by atomic mass is 9.99. The molecule has 0 radical (unpaired) electrons. The Morgan fingerprint density at radius 2 is 0.884 bits per heavy atom. The van der Waals surface area contributed by atoms with Crippen molar-refractivity contribution in [1.29, 1.82) is 0 Å². The molecule has 0 amide bonds. The first-order chi connectivity index (χ1) is 21.3. The van der Waals surface area contributed by atoms with Gasteiger partial charge in [0.05, 0.1) is 10.2 Å². The minimum Gasteiger partial charge on any atom is -0.236 e. The van der Waals surface area contributed by atoms with Gasteiger partial charge in [-0.05, 0) is 34.7 Å². The molecule has 0 fully saturated rings. The zero-order valence-corrected chi connectivity index (χ0v) is 23.9. The quantitative estimate of drug-likeness (QED) is 0.207. The third-order valence-electron chi connectivity index (χ3n) is 7.55. The van der Waals surface area contributed by atoms with Gasteiger partial charge in [-0.25, -0.2) is 19.9 Å². The number of thiazole rings is 1. The smallest absolute Gasteiger partial charge is 0.164 e. The van der Waals surface area contributed by atoms with Crippen molar-refractivity contribution in [2.45, 2.75) is 0 Å². The van der Waals surface area contributed by atoms with Crippen molar-refractivity contribution in [3.63, 3.8) is 0 Å². The van der Waals surface area contributed by atoms with E-state index in [9.17, 15) is 0 Å². The molecule has 8 rings (SSSR count). The molecule has 8 aromatic rings. The van der Waals surface area contributed by atoms with Gasteiger partial charge in [-0.1, -0.05) is 127 Å². The van der Waals surface area contributed by atoms with Gasteiger partial charge in [-0.3, -0.25) is 0 Å². The average molecular weight is 569 g/mol. The topological polar surface area (TPSA) is 51.6 Å². The van der Waals surface area contributed by atoms with E-state index in [0.29, 0.717) is 17.5 Å². The van der Waals surface area contributed by atoms with Gasteiger partial charge in [-0.15, -0.1) is 11.3 Å². The van der Waals surface area contributed by atoms with Crippen LogP contribution in [0.1, 0.15) is 0 Å². The first-order valence-electron chi connectivity index (χ1n) is 14.1. The number of aromatic nitrogens is 4. The van der Waals surface area contributed by atoms with Crippen molar-refractivity contribution < 1.29 is 0 Å². The van der Waals surface area contributed by atoms with Gasteiger partial charge in [0.15, 0.2) is 17.5 Å². The van der Waals surface area contributed by atoms with Crippen molar-refractivity contribution >= 4 is 32.3 Å². The van der Waals surface area contributed by atoms with Crippen LogP contribution in [-0.4, -0.2) is 19.9 Å². The minimum absolute atomic E-state index is 0.646. The maximum atomic E-state index is 4.95. The van der Waals surface area contributed by atoms with Crippen molar-refractivity contribution in [3.05, 3.63) is 146 Å². The highest BCUT2D eigenvalue weighted by Gasteiger charge is 2.14. The standard InChI is InChI=1S/C38H24N4S/c1-4-11-26(12-5-1)35-40-36(27-13-6-2-7-14-27)42-37(41-35)31-18-10-17-29(23-31)30-20-19-25-21-22-33-34(32(25)24-30)43-38(39-33)28-15-8-3-9-16-28/h1-24H. The van der Waals surface area contributed by atoms with Crippen LogP contribution in [-0.2, 0) is 0 Å². The number of rotatable bonds is 5. The van der Waals surface area contributed by atoms with Crippen LogP contribution >= 0.6 is 11.3 Å². The van der Waals surface area contributed by atoms with E-state index in [1.165, 1.54) is 15.5 Å². The van der Waals surface area contributed by atoms with Crippen molar-refractivity contribution in [1.82, 2.24) is 19.9 Å². The highest BCUT2D eigenvalue weighted by Crippen LogP contribution is 2.37. The van der Waals surface area contributed by atoms with Gasteiger partial charge in [-0.2, -0.15) is 0 Å². The second-order valence-electron chi connectivity index (χ2n) is 10.4. The Balaban J connectivity index is 1.24. The number of benzene rings is 6. The van der Waals surface area contributed by atoms with Crippen LogP contribution in [0.5, 0.6) is 0 Å². The molecule has 0 aliphatic rings. The molecular formula is C38H24N4S. The van der Waals surface area contributed by atoms with Crippen LogP contribution in [0.15, 0.2) is 146 Å². The SMILES string of the molecule is c1ccc(-c2nc(-c3ccccc3)nc(-c3cccc(-c4ccc5ccc6nc(-c7ccccc7)sc6c5c4)c3)n2)cc1. The van der Waals surface area contributed by atoms with Crippen molar-refractivity contribution in [3.8, 4) is 55.9 Å². The molecule has 43 heavy (non-hydrogen) atoms. The molecule has 0 N–H and O–H groups in total. The molecule has 0 saturated carbocycles. The minimum atomic E-state index is 0.646. The third-order valence-corrected chi connectivity index (χ3v) is 8.70. The third kappa shape index (κ3) is 4.86. The lowest BCUT2D eigenvalue weighted by molar-refractivity contribution is 1.07. The molecule has 5 heteroatoms. The van der Waals surface area contributed by atoms with E-state index in [1.807, 2.05) is 66.7 Å². The molecule has 0 aliphatic carbocycles. The monoisotopic (exact) mass is 568 g/mol. The summed E-state index contributed by atoms with van der Waals surface area (Å²) < 4.78 is 1.20. The Bertz CT molecular complexity index is 2170. The van der Waals surface area contributed by atoms with Crippen LogP contribution < -0.4 is 0 Å². The van der Waals surface area contributed by atoms with E-state index in [-0.39, 0.29) is 0 Å². The van der Waals surface area contributed by atoms with E-state index < -0.39 is 0 Å². The highest BCUT2D eigenvalue weighted by molar-refractivity contribution is 7.22. The zero-order chi connectivity index (χ0) is 28.6. The molecule has 0 atom stereocenters. The van der Waals surface area contributed by atoms with E-state index in [2.05, 4.69) is 78.9 Å². The lowest BCUT2D eigenvalue weighted by Gasteiger charge is -2.10. The summed E-state index contributed by atoms with van der Waals surface area (Å²) in [5, 5.41) is 3.44. The molecule has 0 bridgehead atoms. The number of nitrogens with zero attached hydrogens (tertiary/aromatic N) is 4. The van der Waals surface area contributed by atoms with Gasteiger partial charge in [0.25, 0.3) is 0 Å². The second kappa shape index (κ2) is 10.7. The van der Waals surface area contributed by atoms with E-state index in [0.717, 1.165) is 43.9 Å². The van der Waals surface area contributed by atoms with Crippen LogP contribution in [0.4, 0.5) is 0 Å². The summed E-state index contributed by atoms with van der Waals surface area (Å²) in [6, 6.07) is 49.9. The number of fused-ring (bicyclic) bond motifs is 3. The molecule has 202 valence electrons. The Morgan fingerprint density at radius 3 is 1.53 bits per heavy atom. The molecular weight excluding hydrogens is 545 g/mol. The average Bonchev–Trinajstić information content (AvgIpc) is 3.54. The molecule has 6 aromatic carbocycles. The summed E-state index contributed by atoms with van der Waals surface area (Å²) in [5.41, 5.74) is 7.26. The second-order valence-corrected chi connectivity index (χ2v) is 11.4. The van der Waals surface area contributed by atoms with E-state index >= 15 is 0 Å². The molecule has 2 aromatic heterocycles. The molecule has 0 aliphatic heterocycles. The summed E-state index contributed by atoms with van der Waals surface area (Å²) in [7, 11) is 0. The molecule has 0 spiro atoms. The number of hydrogen-bond donors (Lipinski definition) is 0. The Kier molecular flexibility index (Phi) is 6.28. The predicted molar refractivity (Wildman–Crippen MR) is 178 cm³/mol. The maximum Gasteiger partial charge on any atom is 0.164 e. The molecule has 2 heterocycles. The fourth-order valence-corrected chi connectivity index (χ4v) is 6.46. The Morgan fingerprint density at radius 1 is 0.372 bits per heavy atom. The van der Waals surface area contributed by atoms with Crippen LogP contribution in [0.3, 0.4) is 0 Å². The summed E-state index contributed by atoms with van der Waals surface area (Å²) in [4.78, 5) is 19.6. The Hall–Kier alpha value is -5.52. The van der Waals surface area contributed by atoms with Gasteiger partial charge >= 0.3 is 0 Å². The van der Waals surface area contributed by atoms with E-state index in [4.69, 9.17) is 19.9 Å². The Labute approximate surface area is 253 Å². The zero-order valence-electron chi connectivity index (χ0n) is 23.1. The van der Waals surface area contributed by atoms with Gasteiger partial charge in [0.1, 0.15) is 5.01 Å². The molecule has 4 nitrogen and oxygen atoms in total. The summed E-state index contributed by atoms with van der Waals surface area (Å²) in [5.74, 6) is 1.96. The first-order valence-corrected chi connectivity index (χ1v) is 15.0.